The van der Waals surface area contributed by atoms with Crippen LogP contribution >= 0.6 is 0 Å². The summed E-state index contributed by atoms with van der Waals surface area (Å²) in [5.41, 5.74) is 2.83. The van der Waals surface area contributed by atoms with Crippen LogP contribution in [0, 0.1) is 0 Å². The normalized spacial score (nSPS) is 16.2. The first-order valence-corrected chi connectivity index (χ1v) is 7.77. The van der Waals surface area contributed by atoms with E-state index in [1.807, 2.05) is 6.92 Å². The van der Waals surface area contributed by atoms with Gasteiger partial charge in [0.2, 0.25) is 5.91 Å². The number of benzene rings is 1. The first-order valence-electron chi connectivity index (χ1n) is 7.77. The Bertz CT molecular complexity index is 429. The number of rotatable bonds is 6. The summed E-state index contributed by atoms with van der Waals surface area (Å²) in [6, 6.07) is 9.10. The Balaban J connectivity index is 1.84. The summed E-state index contributed by atoms with van der Waals surface area (Å²) in [6.45, 7) is 6.18. The second-order valence-corrected chi connectivity index (χ2v) is 5.78. The molecule has 20 heavy (non-hydrogen) atoms. The molecule has 0 radical (unpaired) electrons. The highest BCUT2D eigenvalue weighted by atomic mass is 16.2. The maximum Gasteiger partial charge on any atom is 0.237 e. The van der Waals surface area contributed by atoms with Gasteiger partial charge in [0.25, 0.3) is 0 Å². The Morgan fingerprint density at radius 2 is 1.75 bits per heavy atom. The number of fused-ring (bicyclic) bond motifs is 1. The SMILES string of the molecule is CCC(CC)NC(=O)C(C)NC1Cc2ccccc2C1. The fourth-order valence-electron chi connectivity index (χ4n) is 2.92. The monoisotopic (exact) mass is 274 g/mol. The van der Waals surface area contributed by atoms with Crippen molar-refractivity contribution in [3.63, 3.8) is 0 Å². The van der Waals surface area contributed by atoms with Crippen LogP contribution < -0.4 is 10.6 Å². The predicted molar refractivity (Wildman–Crippen MR) is 82.7 cm³/mol. The van der Waals surface area contributed by atoms with E-state index in [4.69, 9.17) is 0 Å². The number of nitrogens with one attached hydrogen (secondary N) is 2. The zero-order valence-electron chi connectivity index (χ0n) is 12.8. The summed E-state index contributed by atoms with van der Waals surface area (Å²) in [6.07, 6.45) is 4.03. The zero-order valence-corrected chi connectivity index (χ0v) is 12.8. The summed E-state index contributed by atoms with van der Waals surface area (Å²) < 4.78 is 0. The van der Waals surface area contributed by atoms with Crippen LogP contribution in [-0.2, 0) is 17.6 Å². The van der Waals surface area contributed by atoms with Crippen molar-refractivity contribution in [2.75, 3.05) is 0 Å². The van der Waals surface area contributed by atoms with Gasteiger partial charge in [-0.1, -0.05) is 38.1 Å². The molecule has 0 heterocycles. The van der Waals surface area contributed by atoms with Crippen molar-refractivity contribution < 1.29 is 4.79 Å². The second kappa shape index (κ2) is 6.89. The average molecular weight is 274 g/mol. The van der Waals surface area contributed by atoms with E-state index in [9.17, 15) is 4.79 Å². The Labute approximate surface area is 122 Å². The number of hydrogen-bond acceptors (Lipinski definition) is 2. The van der Waals surface area contributed by atoms with E-state index >= 15 is 0 Å². The lowest BCUT2D eigenvalue weighted by atomic mass is 10.1. The molecule has 3 heteroatoms. The zero-order chi connectivity index (χ0) is 14.5. The summed E-state index contributed by atoms with van der Waals surface area (Å²) in [7, 11) is 0. The molecule has 3 nitrogen and oxygen atoms in total. The summed E-state index contributed by atoms with van der Waals surface area (Å²) in [5.74, 6) is 0.120. The molecule has 1 aromatic carbocycles. The van der Waals surface area contributed by atoms with E-state index < -0.39 is 0 Å². The molecule has 1 aliphatic carbocycles. The Morgan fingerprint density at radius 3 is 2.25 bits per heavy atom. The fraction of sp³-hybridized carbons (Fsp3) is 0.588. The molecule has 0 bridgehead atoms. The predicted octanol–water partition coefficient (Wildman–Crippen LogP) is 2.44. The van der Waals surface area contributed by atoms with E-state index in [2.05, 4.69) is 48.7 Å². The summed E-state index contributed by atoms with van der Waals surface area (Å²) in [5, 5.41) is 6.58. The fourth-order valence-corrected chi connectivity index (χ4v) is 2.92. The molecule has 0 saturated heterocycles. The van der Waals surface area contributed by atoms with E-state index in [1.165, 1.54) is 11.1 Å². The Hall–Kier alpha value is -1.35. The van der Waals surface area contributed by atoms with Crippen LogP contribution in [-0.4, -0.2) is 24.0 Å². The van der Waals surface area contributed by atoms with Gasteiger partial charge in [0.15, 0.2) is 0 Å². The van der Waals surface area contributed by atoms with Gasteiger partial charge >= 0.3 is 0 Å². The van der Waals surface area contributed by atoms with Crippen molar-refractivity contribution in [3.05, 3.63) is 35.4 Å². The summed E-state index contributed by atoms with van der Waals surface area (Å²) in [4.78, 5) is 12.2. The molecular formula is C17H26N2O. The van der Waals surface area contributed by atoms with Crippen molar-refractivity contribution >= 4 is 5.91 Å². The molecule has 110 valence electrons. The molecule has 2 N–H and O–H groups in total. The molecule has 1 aliphatic rings. The van der Waals surface area contributed by atoms with Gasteiger partial charge in [-0.3, -0.25) is 4.79 Å². The van der Waals surface area contributed by atoms with E-state index in [0.717, 1.165) is 25.7 Å². The first-order chi connectivity index (χ1) is 9.63. The lowest BCUT2D eigenvalue weighted by Gasteiger charge is -2.22. The lowest BCUT2D eigenvalue weighted by Crippen LogP contribution is -2.49. The van der Waals surface area contributed by atoms with Crippen LogP contribution in [0.2, 0.25) is 0 Å². The second-order valence-electron chi connectivity index (χ2n) is 5.78. The molecular weight excluding hydrogens is 248 g/mol. The molecule has 1 aromatic rings. The quantitative estimate of drug-likeness (QED) is 0.836. The van der Waals surface area contributed by atoms with Crippen LogP contribution in [0.15, 0.2) is 24.3 Å². The van der Waals surface area contributed by atoms with E-state index in [0.29, 0.717) is 12.1 Å². The van der Waals surface area contributed by atoms with Crippen molar-refractivity contribution in [1.29, 1.82) is 0 Å². The molecule has 1 unspecified atom stereocenters. The minimum atomic E-state index is -0.130. The minimum absolute atomic E-state index is 0.120. The molecule has 0 spiro atoms. The van der Waals surface area contributed by atoms with Gasteiger partial charge in [0.1, 0.15) is 0 Å². The van der Waals surface area contributed by atoms with Gasteiger partial charge in [0.05, 0.1) is 6.04 Å². The third-order valence-corrected chi connectivity index (χ3v) is 4.26. The minimum Gasteiger partial charge on any atom is -0.352 e. The van der Waals surface area contributed by atoms with Crippen LogP contribution in [0.25, 0.3) is 0 Å². The van der Waals surface area contributed by atoms with Crippen LogP contribution in [0.1, 0.15) is 44.7 Å². The summed E-state index contributed by atoms with van der Waals surface area (Å²) >= 11 is 0. The number of hydrogen-bond donors (Lipinski definition) is 2. The van der Waals surface area contributed by atoms with Gasteiger partial charge in [-0.15, -0.1) is 0 Å². The first kappa shape index (κ1) is 15.0. The standard InChI is InChI=1S/C17H26N2O/c1-4-15(5-2)19-17(20)12(3)18-16-10-13-8-6-7-9-14(13)11-16/h6-9,12,15-16,18H,4-5,10-11H2,1-3H3,(H,19,20). The highest BCUT2D eigenvalue weighted by Gasteiger charge is 2.24. The molecule has 0 saturated carbocycles. The maximum absolute atomic E-state index is 12.2. The Morgan fingerprint density at radius 1 is 1.20 bits per heavy atom. The molecule has 1 atom stereocenters. The lowest BCUT2D eigenvalue weighted by molar-refractivity contribution is -0.123. The van der Waals surface area contributed by atoms with Crippen LogP contribution in [0.5, 0.6) is 0 Å². The van der Waals surface area contributed by atoms with Gasteiger partial charge in [-0.2, -0.15) is 0 Å². The van der Waals surface area contributed by atoms with Crippen molar-refractivity contribution in [3.8, 4) is 0 Å². The third kappa shape index (κ3) is 3.60. The van der Waals surface area contributed by atoms with Crippen LogP contribution in [0.3, 0.4) is 0 Å². The number of carbonyl (C=O) groups excluding carboxylic acids is 1. The topological polar surface area (TPSA) is 41.1 Å². The van der Waals surface area contributed by atoms with E-state index in [-0.39, 0.29) is 11.9 Å². The average Bonchev–Trinajstić information content (AvgIpc) is 2.86. The van der Waals surface area contributed by atoms with Crippen molar-refractivity contribution in [2.45, 2.75) is 64.6 Å². The molecule has 0 aromatic heterocycles. The largest absolute Gasteiger partial charge is 0.352 e. The maximum atomic E-state index is 12.2. The van der Waals surface area contributed by atoms with Crippen molar-refractivity contribution in [2.24, 2.45) is 0 Å². The van der Waals surface area contributed by atoms with E-state index in [1.54, 1.807) is 0 Å². The van der Waals surface area contributed by atoms with Gasteiger partial charge < -0.3 is 10.6 Å². The third-order valence-electron chi connectivity index (χ3n) is 4.26. The Kier molecular flexibility index (Phi) is 5.18. The van der Waals surface area contributed by atoms with Gasteiger partial charge in [0, 0.05) is 12.1 Å². The molecule has 1 amide bonds. The van der Waals surface area contributed by atoms with Gasteiger partial charge in [-0.25, -0.2) is 0 Å². The highest BCUT2D eigenvalue weighted by molar-refractivity contribution is 5.81. The van der Waals surface area contributed by atoms with Gasteiger partial charge in [-0.05, 0) is 43.7 Å². The number of carbonyl (C=O) groups is 1. The van der Waals surface area contributed by atoms with Crippen LogP contribution in [0.4, 0.5) is 0 Å². The molecule has 2 rings (SSSR count). The smallest absolute Gasteiger partial charge is 0.237 e. The molecule has 0 fully saturated rings. The highest BCUT2D eigenvalue weighted by Crippen LogP contribution is 2.21. The van der Waals surface area contributed by atoms with Crippen molar-refractivity contribution in [1.82, 2.24) is 10.6 Å². The number of amides is 1. The molecule has 0 aliphatic heterocycles.